The molecule has 0 amide bonds. The van der Waals surface area contributed by atoms with Crippen molar-refractivity contribution in [1.82, 2.24) is 15.0 Å². The Labute approximate surface area is 111 Å². The number of carbonyl (C=O) groups excluding carboxylic acids is 1. The van der Waals surface area contributed by atoms with Crippen LogP contribution < -0.4 is 5.73 Å². The molecule has 1 aromatic heterocycles. The summed E-state index contributed by atoms with van der Waals surface area (Å²) in [7, 11) is 0. The molecule has 0 aliphatic heterocycles. The van der Waals surface area contributed by atoms with Crippen LogP contribution in [0.15, 0.2) is 24.3 Å². The average molecular weight is 260 g/mol. The zero-order chi connectivity index (χ0) is 13.8. The summed E-state index contributed by atoms with van der Waals surface area (Å²) in [4.78, 5) is 11.6. The first-order valence-electron chi connectivity index (χ1n) is 6.03. The van der Waals surface area contributed by atoms with Crippen molar-refractivity contribution in [3.8, 4) is 0 Å². The minimum Gasteiger partial charge on any atom is -0.461 e. The number of rotatable bonds is 4. The van der Waals surface area contributed by atoms with Crippen LogP contribution in [0.3, 0.4) is 0 Å². The predicted molar refractivity (Wildman–Crippen MR) is 70.7 cm³/mol. The van der Waals surface area contributed by atoms with Crippen LogP contribution in [0.1, 0.15) is 28.7 Å². The highest BCUT2D eigenvalue weighted by atomic mass is 16.5. The van der Waals surface area contributed by atoms with E-state index in [0.717, 1.165) is 5.56 Å². The van der Waals surface area contributed by atoms with Crippen molar-refractivity contribution in [2.45, 2.75) is 20.4 Å². The van der Waals surface area contributed by atoms with Gasteiger partial charge in [0.25, 0.3) is 0 Å². The summed E-state index contributed by atoms with van der Waals surface area (Å²) in [5.41, 5.74) is 8.36. The van der Waals surface area contributed by atoms with Gasteiger partial charge in [-0.15, -0.1) is 5.10 Å². The first-order chi connectivity index (χ1) is 9.11. The molecule has 2 N–H and O–H groups in total. The van der Waals surface area contributed by atoms with Gasteiger partial charge in [-0.2, -0.15) is 0 Å². The molecule has 1 heterocycles. The second-order valence-corrected chi connectivity index (χ2v) is 4.15. The Morgan fingerprint density at radius 2 is 2.26 bits per heavy atom. The number of carbonyl (C=O) groups is 1. The van der Waals surface area contributed by atoms with E-state index in [2.05, 4.69) is 10.3 Å². The highest BCUT2D eigenvalue weighted by molar-refractivity contribution is 5.88. The third-order valence-electron chi connectivity index (χ3n) is 2.73. The molecule has 6 heteroatoms. The third-order valence-corrected chi connectivity index (χ3v) is 2.73. The van der Waals surface area contributed by atoms with Gasteiger partial charge in [0.05, 0.1) is 18.8 Å². The fourth-order valence-electron chi connectivity index (χ4n) is 1.76. The van der Waals surface area contributed by atoms with E-state index in [1.54, 1.807) is 18.5 Å². The fraction of sp³-hybridized carbons (Fsp3) is 0.308. The lowest BCUT2D eigenvalue weighted by Crippen LogP contribution is -2.09. The maximum Gasteiger partial charge on any atom is 0.360 e. The number of hydrogen-bond acceptors (Lipinski definition) is 5. The normalized spacial score (nSPS) is 10.4. The van der Waals surface area contributed by atoms with Crippen LogP contribution in [0.5, 0.6) is 0 Å². The summed E-state index contributed by atoms with van der Waals surface area (Å²) in [5.74, 6) is -0.446. The van der Waals surface area contributed by atoms with Gasteiger partial charge in [-0.3, -0.25) is 0 Å². The first-order valence-corrected chi connectivity index (χ1v) is 6.03. The molecule has 0 aliphatic rings. The molecule has 19 heavy (non-hydrogen) atoms. The molecule has 0 fully saturated rings. The SMILES string of the molecule is CCOC(=O)c1nnn(Cc2cccc(N)c2)c1C. The van der Waals surface area contributed by atoms with Gasteiger partial charge in [0.15, 0.2) is 5.69 Å². The van der Waals surface area contributed by atoms with Crippen LogP contribution in [0, 0.1) is 6.92 Å². The third kappa shape index (κ3) is 2.90. The van der Waals surface area contributed by atoms with Gasteiger partial charge < -0.3 is 10.5 Å². The van der Waals surface area contributed by atoms with Crippen molar-refractivity contribution in [1.29, 1.82) is 0 Å². The highest BCUT2D eigenvalue weighted by Crippen LogP contribution is 2.11. The number of anilines is 1. The van der Waals surface area contributed by atoms with Crippen LogP contribution >= 0.6 is 0 Å². The van der Waals surface area contributed by atoms with E-state index < -0.39 is 5.97 Å². The van der Waals surface area contributed by atoms with Crippen molar-refractivity contribution in [2.24, 2.45) is 0 Å². The Morgan fingerprint density at radius 1 is 1.47 bits per heavy atom. The minimum atomic E-state index is -0.446. The summed E-state index contributed by atoms with van der Waals surface area (Å²) >= 11 is 0. The molecule has 0 unspecified atom stereocenters. The predicted octanol–water partition coefficient (Wildman–Crippen LogP) is 1.39. The zero-order valence-electron chi connectivity index (χ0n) is 11.0. The van der Waals surface area contributed by atoms with Crippen LogP contribution in [0.25, 0.3) is 0 Å². The van der Waals surface area contributed by atoms with Crippen molar-refractivity contribution < 1.29 is 9.53 Å². The topological polar surface area (TPSA) is 83.0 Å². The number of nitrogens with zero attached hydrogens (tertiary/aromatic N) is 3. The number of hydrogen-bond donors (Lipinski definition) is 1. The molecule has 0 atom stereocenters. The molecule has 6 nitrogen and oxygen atoms in total. The van der Waals surface area contributed by atoms with Gasteiger partial charge in [0, 0.05) is 5.69 Å². The van der Waals surface area contributed by atoms with E-state index in [-0.39, 0.29) is 5.69 Å². The smallest absolute Gasteiger partial charge is 0.360 e. The highest BCUT2D eigenvalue weighted by Gasteiger charge is 2.17. The number of ether oxygens (including phenoxy) is 1. The summed E-state index contributed by atoms with van der Waals surface area (Å²) in [6, 6.07) is 7.51. The lowest BCUT2D eigenvalue weighted by Gasteiger charge is -2.05. The second-order valence-electron chi connectivity index (χ2n) is 4.15. The summed E-state index contributed by atoms with van der Waals surface area (Å²) in [6.07, 6.45) is 0. The number of benzene rings is 1. The molecule has 0 saturated heterocycles. The molecular formula is C13H16N4O2. The number of aromatic nitrogens is 3. The Hall–Kier alpha value is -2.37. The number of nitrogens with two attached hydrogens (primary N) is 1. The van der Waals surface area contributed by atoms with Crippen LogP contribution in [0.2, 0.25) is 0 Å². The quantitative estimate of drug-likeness (QED) is 0.663. The van der Waals surface area contributed by atoms with Crippen LogP contribution in [0.4, 0.5) is 5.69 Å². The molecule has 100 valence electrons. The molecule has 1 aromatic carbocycles. The van der Waals surface area contributed by atoms with E-state index in [9.17, 15) is 4.79 Å². The maximum atomic E-state index is 11.6. The van der Waals surface area contributed by atoms with Gasteiger partial charge in [-0.05, 0) is 31.5 Å². The monoisotopic (exact) mass is 260 g/mol. The maximum absolute atomic E-state index is 11.6. The van der Waals surface area contributed by atoms with Gasteiger partial charge in [0.1, 0.15) is 0 Å². The Balaban J connectivity index is 2.20. The Bertz CT molecular complexity index is 592. The van der Waals surface area contributed by atoms with Crippen LogP contribution in [-0.4, -0.2) is 27.6 Å². The van der Waals surface area contributed by atoms with E-state index in [4.69, 9.17) is 10.5 Å². The van der Waals surface area contributed by atoms with Gasteiger partial charge in [0.2, 0.25) is 0 Å². The van der Waals surface area contributed by atoms with Gasteiger partial charge in [-0.1, -0.05) is 17.3 Å². The van der Waals surface area contributed by atoms with Gasteiger partial charge in [-0.25, -0.2) is 9.48 Å². The van der Waals surface area contributed by atoms with Crippen molar-refractivity contribution in [2.75, 3.05) is 12.3 Å². The minimum absolute atomic E-state index is 0.255. The second kappa shape index (κ2) is 5.51. The molecule has 0 saturated carbocycles. The van der Waals surface area contributed by atoms with E-state index in [1.807, 2.05) is 24.3 Å². The summed E-state index contributed by atoms with van der Waals surface area (Å²) < 4.78 is 6.57. The summed E-state index contributed by atoms with van der Waals surface area (Å²) in [5, 5.41) is 7.83. The fourth-order valence-corrected chi connectivity index (χ4v) is 1.76. The number of nitrogen functional groups attached to an aromatic ring is 1. The molecule has 0 spiro atoms. The van der Waals surface area contributed by atoms with E-state index >= 15 is 0 Å². The Kier molecular flexibility index (Phi) is 3.79. The standard InChI is InChI=1S/C13H16N4O2/c1-3-19-13(18)12-9(2)17(16-15-12)8-10-5-4-6-11(14)7-10/h4-7H,3,8,14H2,1-2H3. The first kappa shape index (κ1) is 13.1. The zero-order valence-corrected chi connectivity index (χ0v) is 11.0. The molecule has 2 aromatic rings. The van der Waals surface area contributed by atoms with Crippen molar-refractivity contribution in [3.05, 3.63) is 41.2 Å². The molecule has 0 radical (unpaired) electrons. The van der Waals surface area contributed by atoms with E-state index in [0.29, 0.717) is 24.5 Å². The lowest BCUT2D eigenvalue weighted by atomic mass is 10.2. The summed E-state index contributed by atoms with van der Waals surface area (Å²) in [6.45, 7) is 4.38. The molecular weight excluding hydrogens is 244 g/mol. The Morgan fingerprint density at radius 3 is 2.95 bits per heavy atom. The average Bonchev–Trinajstić information content (AvgIpc) is 2.71. The van der Waals surface area contributed by atoms with Crippen molar-refractivity contribution >= 4 is 11.7 Å². The number of esters is 1. The van der Waals surface area contributed by atoms with Crippen LogP contribution in [-0.2, 0) is 11.3 Å². The largest absolute Gasteiger partial charge is 0.461 e. The lowest BCUT2D eigenvalue weighted by molar-refractivity contribution is 0.0518. The molecule has 0 bridgehead atoms. The van der Waals surface area contributed by atoms with Crippen molar-refractivity contribution in [3.63, 3.8) is 0 Å². The van der Waals surface area contributed by atoms with E-state index in [1.165, 1.54) is 0 Å². The molecule has 2 rings (SSSR count). The molecule has 0 aliphatic carbocycles. The van der Waals surface area contributed by atoms with Gasteiger partial charge >= 0.3 is 5.97 Å².